The largest absolute Gasteiger partial charge is 0.441 e. The van der Waals surface area contributed by atoms with Crippen LogP contribution in [-0.2, 0) is 6.42 Å². The molecule has 0 spiro atoms. The predicted octanol–water partition coefficient (Wildman–Crippen LogP) is 1.72. The Balaban J connectivity index is 2.38. The molecule has 1 heterocycles. The van der Waals surface area contributed by atoms with E-state index in [2.05, 4.69) is 4.98 Å². The van der Waals surface area contributed by atoms with Crippen LogP contribution in [0, 0.1) is 0 Å². The van der Waals surface area contributed by atoms with Crippen LogP contribution in [0.15, 0.2) is 28.7 Å². The maximum atomic E-state index is 5.65. The van der Waals surface area contributed by atoms with E-state index >= 15 is 0 Å². The Kier molecular flexibility index (Phi) is 2.02. The monoisotopic (exact) mass is 176 g/mol. The summed E-state index contributed by atoms with van der Waals surface area (Å²) in [5.41, 5.74) is 7.38. The fourth-order valence-corrected chi connectivity index (χ4v) is 1.28. The molecule has 0 aliphatic carbocycles. The molecule has 1 atom stereocenters. The molecule has 0 saturated heterocycles. The first-order chi connectivity index (χ1) is 6.25. The van der Waals surface area contributed by atoms with E-state index in [0.29, 0.717) is 6.42 Å². The number of fused-ring (bicyclic) bond motifs is 1. The lowest BCUT2D eigenvalue weighted by molar-refractivity contribution is 0.507. The second kappa shape index (κ2) is 3.18. The average molecular weight is 176 g/mol. The van der Waals surface area contributed by atoms with Crippen molar-refractivity contribution < 1.29 is 4.42 Å². The number of nitrogens with zero attached hydrogens (tertiary/aromatic N) is 1. The lowest BCUT2D eigenvalue weighted by Crippen LogP contribution is -2.17. The third kappa shape index (κ3) is 1.70. The van der Waals surface area contributed by atoms with Crippen LogP contribution in [0.1, 0.15) is 12.8 Å². The molecule has 2 rings (SSSR count). The number of oxazole rings is 1. The highest BCUT2D eigenvalue weighted by molar-refractivity contribution is 5.72. The maximum Gasteiger partial charge on any atom is 0.197 e. The summed E-state index contributed by atoms with van der Waals surface area (Å²) in [4.78, 5) is 4.31. The first-order valence-corrected chi connectivity index (χ1v) is 4.36. The van der Waals surface area contributed by atoms with Gasteiger partial charge in [-0.3, -0.25) is 0 Å². The number of rotatable bonds is 2. The third-order valence-electron chi connectivity index (χ3n) is 1.83. The molecule has 68 valence electrons. The molecule has 3 nitrogen and oxygen atoms in total. The Morgan fingerprint density at radius 3 is 2.92 bits per heavy atom. The van der Waals surface area contributed by atoms with Crippen molar-refractivity contribution in [3.05, 3.63) is 30.2 Å². The molecule has 0 bridgehead atoms. The van der Waals surface area contributed by atoms with Crippen LogP contribution < -0.4 is 5.73 Å². The van der Waals surface area contributed by atoms with Crippen molar-refractivity contribution in [3.63, 3.8) is 0 Å². The van der Waals surface area contributed by atoms with Crippen LogP contribution >= 0.6 is 0 Å². The van der Waals surface area contributed by atoms with Crippen LogP contribution in [0.2, 0.25) is 0 Å². The van der Waals surface area contributed by atoms with Gasteiger partial charge in [0.05, 0.1) is 0 Å². The quantitative estimate of drug-likeness (QED) is 0.757. The molecule has 1 unspecified atom stereocenters. The first-order valence-electron chi connectivity index (χ1n) is 4.36. The van der Waals surface area contributed by atoms with Crippen molar-refractivity contribution in [1.29, 1.82) is 0 Å². The molecule has 0 amide bonds. The molecule has 1 aromatic carbocycles. The summed E-state index contributed by atoms with van der Waals surface area (Å²) >= 11 is 0. The SMILES string of the molecule is CC(N)Cc1nc2ccccc2o1. The van der Waals surface area contributed by atoms with Crippen LogP contribution in [0.4, 0.5) is 0 Å². The van der Waals surface area contributed by atoms with E-state index in [1.807, 2.05) is 31.2 Å². The summed E-state index contributed by atoms with van der Waals surface area (Å²) in [6, 6.07) is 7.81. The van der Waals surface area contributed by atoms with Crippen LogP contribution in [-0.4, -0.2) is 11.0 Å². The van der Waals surface area contributed by atoms with E-state index < -0.39 is 0 Å². The highest BCUT2D eigenvalue weighted by atomic mass is 16.3. The minimum atomic E-state index is 0.0908. The van der Waals surface area contributed by atoms with Crippen molar-refractivity contribution in [2.45, 2.75) is 19.4 Å². The van der Waals surface area contributed by atoms with Gasteiger partial charge < -0.3 is 10.2 Å². The maximum absolute atomic E-state index is 5.65. The fraction of sp³-hybridized carbons (Fsp3) is 0.300. The minimum Gasteiger partial charge on any atom is -0.441 e. The summed E-state index contributed by atoms with van der Waals surface area (Å²) in [6.07, 6.45) is 0.689. The van der Waals surface area contributed by atoms with E-state index in [1.165, 1.54) is 0 Å². The lowest BCUT2D eigenvalue weighted by Gasteiger charge is -1.97. The molecular weight excluding hydrogens is 164 g/mol. The summed E-state index contributed by atoms with van der Waals surface area (Å²) in [6.45, 7) is 1.94. The fourth-order valence-electron chi connectivity index (χ4n) is 1.28. The molecular formula is C10H12N2O. The van der Waals surface area contributed by atoms with E-state index in [0.717, 1.165) is 17.0 Å². The van der Waals surface area contributed by atoms with Crippen LogP contribution in [0.3, 0.4) is 0 Å². The number of hydrogen-bond acceptors (Lipinski definition) is 3. The number of para-hydroxylation sites is 2. The Bertz CT molecular complexity index is 373. The van der Waals surface area contributed by atoms with Gasteiger partial charge in [-0.1, -0.05) is 12.1 Å². The minimum absolute atomic E-state index is 0.0908. The Morgan fingerprint density at radius 1 is 1.46 bits per heavy atom. The zero-order valence-electron chi connectivity index (χ0n) is 7.53. The number of benzene rings is 1. The average Bonchev–Trinajstić information content (AvgIpc) is 2.44. The molecule has 0 aliphatic rings. The van der Waals surface area contributed by atoms with E-state index in [4.69, 9.17) is 10.2 Å². The van der Waals surface area contributed by atoms with Gasteiger partial charge in [0.1, 0.15) is 5.52 Å². The summed E-state index contributed by atoms with van der Waals surface area (Å²) in [7, 11) is 0. The van der Waals surface area contributed by atoms with Crippen LogP contribution in [0.25, 0.3) is 11.1 Å². The number of hydrogen-bond donors (Lipinski definition) is 1. The Morgan fingerprint density at radius 2 is 2.23 bits per heavy atom. The van der Waals surface area contributed by atoms with E-state index in [9.17, 15) is 0 Å². The normalized spacial score (nSPS) is 13.4. The lowest BCUT2D eigenvalue weighted by atomic mass is 10.2. The van der Waals surface area contributed by atoms with Gasteiger partial charge >= 0.3 is 0 Å². The van der Waals surface area contributed by atoms with Crippen molar-refractivity contribution >= 4 is 11.1 Å². The Hall–Kier alpha value is -1.35. The van der Waals surface area contributed by atoms with Gasteiger partial charge in [0.15, 0.2) is 11.5 Å². The Labute approximate surface area is 76.6 Å². The summed E-state index contributed by atoms with van der Waals surface area (Å²) < 4.78 is 5.49. The summed E-state index contributed by atoms with van der Waals surface area (Å²) in [5, 5.41) is 0. The van der Waals surface area contributed by atoms with Crippen molar-refractivity contribution in [2.24, 2.45) is 5.73 Å². The van der Waals surface area contributed by atoms with Crippen LogP contribution in [0.5, 0.6) is 0 Å². The van der Waals surface area contributed by atoms with Crippen molar-refractivity contribution in [2.75, 3.05) is 0 Å². The molecule has 13 heavy (non-hydrogen) atoms. The molecule has 1 aromatic heterocycles. The highest BCUT2D eigenvalue weighted by Crippen LogP contribution is 2.15. The second-order valence-corrected chi connectivity index (χ2v) is 3.26. The van der Waals surface area contributed by atoms with E-state index in [-0.39, 0.29) is 6.04 Å². The summed E-state index contributed by atoms with van der Waals surface area (Å²) in [5.74, 6) is 0.719. The standard InChI is InChI=1S/C10H12N2O/c1-7(11)6-10-12-8-4-2-3-5-9(8)13-10/h2-5,7H,6,11H2,1H3. The van der Waals surface area contributed by atoms with Crippen molar-refractivity contribution in [1.82, 2.24) is 4.98 Å². The third-order valence-corrected chi connectivity index (χ3v) is 1.83. The van der Waals surface area contributed by atoms with Crippen molar-refractivity contribution in [3.8, 4) is 0 Å². The van der Waals surface area contributed by atoms with Gasteiger partial charge in [-0.15, -0.1) is 0 Å². The molecule has 0 radical (unpaired) electrons. The van der Waals surface area contributed by atoms with Gasteiger partial charge in [-0.05, 0) is 19.1 Å². The molecule has 0 saturated carbocycles. The molecule has 2 N–H and O–H groups in total. The molecule has 0 fully saturated rings. The van der Waals surface area contributed by atoms with Gasteiger partial charge in [-0.25, -0.2) is 4.98 Å². The van der Waals surface area contributed by atoms with Gasteiger partial charge in [0.25, 0.3) is 0 Å². The molecule has 2 aromatic rings. The number of nitrogens with two attached hydrogens (primary N) is 1. The second-order valence-electron chi connectivity index (χ2n) is 3.26. The zero-order chi connectivity index (χ0) is 9.26. The van der Waals surface area contributed by atoms with Gasteiger partial charge in [0.2, 0.25) is 0 Å². The predicted molar refractivity (Wildman–Crippen MR) is 51.4 cm³/mol. The topological polar surface area (TPSA) is 52.0 Å². The first kappa shape index (κ1) is 8.26. The highest BCUT2D eigenvalue weighted by Gasteiger charge is 2.06. The smallest absolute Gasteiger partial charge is 0.197 e. The van der Waals surface area contributed by atoms with E-state index in [1.54, 1.807) is 0 Å². The zero-order valence-corrected chi connectivity index (χ0v) is 7.53. The van der Waals surface area contributed by atoms with Gasteiger partial charge in [-0.2, -0.15) is 0 Å². The molecule has 0 aliphatic heterocycles. The van der Waals surface area contributed by atoms with Gasteiger partial charge in [0, 0.05) is 12.5 Å². The number of aromatic nitrogens is 1. The molecule has 3 heteroatoms.